The molecule has 0 heterocycles. The maximum absolute atomic E-state index is 12.3. The average molecular weight is 520 g/mol. The first-order valence-electron chi connectivity index (χ1n) is 9.18. The van der Waals surface area contributed by atoms with Crippen LogP contribution in [0.25, 0.3) is 0 Å². The van der Waals surface area contributed by atoms with Crippen molar-refractivity contribution in [3.63, 3.8) is 0 Å². The number of hydrogen-bond acceptors (Lipinski definition) is 3. The van der Waals surface area contributed by atoms with Crippen molar-refractivity contribution in [1.82, 2.24) is 5.32 Å². The Morgan fingerprint density at radius 2 is 1.65 bits per heavy atom. The Balaban J connectivity index is 0.000000287. The van der Waals surface area contributed by atoms with E-state index in [0.29, 0.717) is 35.0 Å². The molecule has 1 atom stereocenters. The van der Waals surface area contributed by atoms with Crippen LogP contribution in [-0.4, -0.2) is 21.7 Å². The maximum Gasteiger partial charge on any atom is 0.254 e. The van der Waals surface area contributed by atoms with Crippen LogP contribution in [0.4, 0.5) is 5.69 Å². The van der Waals surface area contributed by atoms with Crippen LogP contribution >= 0.6 is 58.0 Å². The van der Waals surface area contributed by atoms with E-state index >= 15 is 0 Å². The second-order valence-electron chi connectivity index (χ2n) is 7.29. The molecular formula is C21H16Cl5N3O2. The number of nitrogens with zero attached hydrogens (tertiary/aromatic N) is 1. The topological polar surface area (TPSA) is 82.0 Å². The molecule has 2 aliphatic carbocycles. The third-order valence-corrected chi connectivity index (χ3v) is 6.36. The van der Waals surface area contributed by atoms with Gasteiger partial charge in [-0.2, -0.15) is 5.26 Å². The lowest BCUT2D eigenvalue weighted by molar-refractivity contribution is -0.117. The van der Waals surface area contributed by atoms with Gasteiger partial charge < -0.3 is 10.6 Å². The molecule has 31 heavy (non-hydrogen) atoms. The molecule has 1 unspecified atom stereocenters. The van der Waals surface area contributed by atoms with Crippen LogP contribution < -0.4 is 10.6 Å². The molecule has 0 saturated heterocycles. The second kappa shape index (κ2) is 9.44. The number of anilines is 1. The smallest absolute Gasteiger partial charge is 0.254 e. The Kier molecular flexibility index (Phi) is 7.30. The number of amides is 2. The lowest BCUT2D eigenvalue weighted by Crippen LogP contribution is -2.35. The molecule has 0 aliphatic heterocycles. The van der Waals surface area contributed by atoms with Gasteiger partial charge in [0.05, 0.1) is 22.6 Å². The fraction of sp³-hybridized carbons (Fsp3) is 0.286. The van der Waals surface area contributed by atoms with Gasteiger partial charge in [0.15, 0.2) is 0 Å². The minimum Gasteiger partial charge on any atom is -0.334 e. The minimum atomic E-state index is -1.01. The van der Waals surface area contributed by atoms with Gasteiger partial charge in [-0.1, -0.05) is 40.9 Å². The van der Waals surface area contributed by atoms with Crippen LogP contribution in [0.5, 0.6) is 0 Å². The lowest BCUT2D eigenvalue weighted by atomic mass is 10.1. The molecule has 2 aromatic carbocycles. The van der Waals surface area contributed by atoms with Gasteiger partial charge in [0, 0.05) is 15.7 Å². The van der Waals surface area contributed by atoms with Crippen molar-refractivity contribution in [2.75, 3.05) is 5.32 Å². The van der Waals surface area contributed by atoms with Crippen molar-refractivity contribution in [2.45, 2.75) is 29.1 Å². The van der Waals surface area contributed by atoms with Crippen molar-refractivity contribution in [2.24, 2.45) is 5.92 Å². The number of benzene rings is 2. The lowest BCUT2D eigenvalue weighted by Gasteiger charge is -2.12. The average Bonchev–Trinajstić information content (AvgIpc) is 3.60. The summed E-state index contributed by atoms with van der Waals surface area (Å²) in [7, 11) is 0. The van der Waals surface area contributed by atoms with Crippen molar-refractivity contribution in [3.05, 3.63) is 63.1 Å². The van der Waals surface area contributed by atoms with E-state index in [0.717, 1.165) is 0 Å². The van der Waals surface area contributed by atoms with Gasteiger partial charge in [-0.05, 0) is 55.7 Å². The minimum absolute atomic E-state index is 0.199. The summed E-state index contributed by atoms with van der Waals surface area (Å²) >= 11 is 28.9. The van der Waals surface area contributed by atoms with Crippen LogP contribution in [0, 0.1) is 17.2 Å². The number of nitriles is 1. The van der Waals surface area contributed by atoms with Crippen molar-refractivity contribution in [1.29, 1.82) is 5.26 Å². The summed E-state index contributed by atoms with van der Waals surface area (Å²) in [5.41, 5.74) is -0.169. The Bertz CT molecular complexity index is 1050. The van der Waals surface area contributed by atoms with Gasteiger partial charge in [0.1, 0.15) is 9.87 Å². The summed E-state index contributed by atoms with van der Waals surface area (Å²) in [6.45, 7) is 0. The highest BCUT2D eigenvalue weighted by atomic mass is 35.5. The summed E-state index contributed by atoms with van der Waals surface area (Å²) in [5.74, 6) is -1.22. The number of halogens is 5. The van der Waals surface area contributed by atoms with E-state index in [-0.39, 0.29) is 16.5 Å². The van der Waals surface area contributed by atoms with Crippen LogP contribution in [0.15, 0.2) is 42.5 Å². The Morgan fingerprint density at radius 1 is 1.03 bits per heavy atom. The van der Waals surface area contributed by atoms with Crippen LogP contribution in [0.1, 0.15) is 29.6 Å². The summed E-state index contributed by atoms with van der Waals surface area (Å²) in [6, 6.07) is 13.7. The zero-order chi connectivity index (χ0) is 22.8. The molecular weight excluding hydrogens is 504 g/mol. The fourth-order valence-corrected chi connectivity index (χ4v) is 3.79. The van der Waals surface area contributed by atoms with Gasteiger partial charge in [-0.3, -0.25) is 9.59 Å². The van der Waals surface area contributed by atoms with E-state index in [4.69, 9.17) is 63.3 Å². The molecule has 0 radical (unpaired) electrons. The van der Waals surface area contributed by atoms with E-state index in [9.17, 15) is 9.59 Å². The first-order chi connectivity index (χ1) is 14.5. The summed E-state index contributed by atoms with van der Waals surface area (Å²) in [4.78, 5) is 24.3. The Hall–Kier alpha value is -1.68. The molecule has 2 aromatic rings. The Morgan fingerprint density at radius 3 is 2.10 bits per heavy atom. The first-order valence-corrected chi connectivity index (χ1v) is 11.1. The van der Waals surface area contributed by atoms with Crippen molar-refractivity contribution < 1.29 is 9.59 Å². The van der Waals surface area contributed by atoms with Gasteiger partial charge in [0.2, 0.25) is 5.91 Å². The molecule has 162 valence electrons. The number of alkyl halides is 2. The molecule has 2 aliphatic rings. The molecule has 2 saturated carbocycles. The highest BCUT2D eigenvalue weighted by Crippen LogP contribution is 2.53. The van der Waals surface area contributed by atoms with Gasteiger partial charge >= 0.3 is 0 Å². The van der Waals surface area contributed by atoms with Crippen molar-refractivity contribution >= 4 is 75.5 Å². The fourth-order valence-electron chi connectivity index (χ4n) is 2.64. The third-order valence-electron chi connectivity index (χ3n) is 4.72. The molecule has 0 spiro atoms. The predicted molar refractivity (Wildman–Crippen MR) is 124 cm³/mol. The Labute approximate surface area is 204 Å². The van der Waals surface area contributed by atoms with E-state index in [2.05, 4.69) is 16.7 Å². The van der Waals surface area contributed by atoms with E-state index in [1.165, 1.54) is 12.1 Å². The third kappa shape index (κ3) is 6.41. The standard InChI is InChI=1S/C15H12Cl3N3O2.C6H4Cl2/c16-11-2-1-8(20-13(23)10-6-15(10,17)18)5-9(11)12(22)21-14(7-19)3-4-14;7-5-2-1-3-6(8)4-5/h1-2,5,10H,3-4,6H2,(H,20,23)(H,21,22);1-4H. The zero-order valence-electron chi connectivity index (χ0n) is 15.9. The maximum atomic E-state index is 12.3. The molecule has 0 aromatic heterocycles. The molecule has 2 N–H and O–H groups in total. The zero-order valence-corrected chi connectivity index (χ0v) is 19.7. The normalized spacial score (nSPS) is 19.2. The largest absolute Gasteiger partial charge is 0.334 e. The molecule has 0 bridgehead atoms. The number of hydrogen-bond donors (Lipinski definition) is 2. The van der Waals surface area contributed by atoms with Crippen LogP contribution in [-0.2, 0) is 4.79 Å². The van der Waals surface area contributed by atoms with Gasteiger partial charge in [-0.15, -0.1) is 23.2 Å². The van der Waals surface area contributed by atoms with Crippen LogP contribution in [0.3, 0.4) is 0 Å². The summed E-state index contributed by atoms with van der Waals surface area (Å²) in [6.07, 6.45) is 1.64. The quantitative estimate of drug-likeness (QED) is 0.469. The van der Waals surface area contributed by atoms with E-state index in [1.807, 2.05) is 6.07 Å². The van der Waals surface area contributed by atoms with E-state index in [1.54, 1.807) is 24.3 Å². The summed E-state index contributed by atoms with van der Waals surface area (Å²) < 4.78 is -1.01. The van der Waals surface area contributed by atoms with Gasteiger partial charge in [0.25, 0.3) is 5.91 Å². The molecule has 2 amide bonds. The first kappa shape index (κ1) is 24.0. The van der Waals surface area contributed by atoms with Crippen molar-refractivity contribution in [3.8, 4) is 6.07 Å². The second-order valence-corrected chi connectivity index (χ2v) is 10.1. The summed E-state index contributed by atoms with van der Waals surface area (Å²) in [5, 5.41) is 16.0. The van der Waals surface area contributed by atoms with E-state index < -0.39 is 21.7 Å². The predicted octanol–water partition coefficient (Wildman–Crippen LogP) is 6.25. The monoisotopic (exact) mass is 517 g/mol. The van der Waals surface area contributed by atoms with Gasteiger partial charge in [-0.25, -0.2) is 0 Å². The molecule has 10 heteroatoms. The molecule has 2 fully saturated rings. The number of carbonyl (C=O) groups is 2. The molecule has 4 rings (SSSR count). The number of rotatable bonds is 4. The number of nitrogens with one attached hydrogen (secondary N) is 2. The highest BCUT2D eigenvalue weighted by Gasteiger charge is 2.56. The van der Waals surface area contributed by atoms with Crippen LogP contribution in [0.2, 0.25) is 15.1 Å². The highest BCUT2D eigenvalue weighted by molar-refractivity contribution is 6.52. The molecule has 5 nitrogen and oxygen atoms in total. The SMILES string of the molecule is Clc1cccc(Cl)c1.N#CC1(NC(=O)c2cc(NC(=O)C3CC3(Cl)Cl)ccc2Cl)CC1. The number of carbonyl (C=O) groups excluding carboxylic acids is 2.